The van der Waals surface area contributed by atoms with Crippen molar-refractivity contribution in [2.45, 2.75) is 50.7 Å². The zero-order chi connectivity index (χ0) is 28.7. The van der Waals surface area contributed by atoms with Crippen molar-refractivity contribution < 1.29 is 22.4 Å². The molecule has 0 aliphatic heterocycles. The second-order valence-corrected chi connectivity index (χ2v) is 12.3. The van der Waals surface area contributed by atoms with Crippen LogP contribution in [-0.2, 0) is 26.2 Å². The van der Waals surface area contributed by atoms with E-state index in [1.807, 2.05) is 32.0 Å². The topological polar surface area (TPSA) is 86.8 Å². The summed E-state index contributed by atoms with van der Waals surface area (Å²) in [5, 5.41) is 2.59. The first kappa shape index (κ1) is 30.6. The van der Waals surface area contributed by atoms with Crippen molar-refractivity contribution in [3.05, 3.63) is 93.7 Å². The van der Waals surface area contributed by atoms with Gasteiger partial charge >= 0.3 is 0 Å². The van der Waals surface area contributed by atoms with Crippen LogP contribution in [0.3, 0.4) is 0 Å². The van der Waals surface area contributed by atoms with E-state index in [1.54, 1.807) is 31.2 Å². The Hall–Kier alpha value is -2.95. The molecule has 0 fully saturated rings. The fraction of sp³-hybridized carbons (Fsp3) is 0.286. The minimum Gasteiger partial charge on any atom is -0.352 e. The first-order valence-electron chi connectivity index (χ1n) is 12.3. The summed E-state index contributed by atoms with van der Waals surface area (Å²) in [7, 11) is -4.26. The van der Waals surface area contributed by atoms with Crippen LogP contribution in [0.4, 0.5) is 10.1 Å². The van der Waals surface area contributed by atoms with E-state index in [2.05, 4.69) is 21.2 Å². The number of amides is 2. The van der Waals surface area contributed by atoms with Gasteiger partial charge in [0, 0.05) is 17.1 Å². The zero-order valence-corrected chi connectivity index (χ0v) is 24.9. The third-order valence-electron chi connectivity index (χ3n) is 6.21. The standard InChI is InChI=1S/C28H30BrClFN3O4S/c1-4-19(2)32-28(36)20(3)33(17-21-9-8-10-22(29)15-21)27(35)18-34(23-13-14-26(31)25(30)16-23)39(37,38)24-11-6-5-7-12-24/h5-16,19-20H,4,17-18H2,1-3H3,(H,32,36)/t19-,20-/m1/s1. The molecule has 0 radical (unpaired) electrons. The minimum absolute atomic E-state index is 0.0118. The molecule has 11 heteroatoms. The summed E-state index contributed by atoms with van der Waals surface area (Å²) in [6.07, 6.45) is 0.701. The Morgan fingerprint density at radius 2 is 1.72 bits per heavy atom. The highest BCUT2D eigenvalue weighted by molar-refractivity contribution is 9.10. The summed E-state index contributed by atoms with van der Waals surface area (Å²) in [6, 6.07) is 17.3. The number of nitrogens with zero attached hydrogens (tertiary/aromatic N) is 2. The van der Waals surface area contributed by atoms with Crippen LogP contribution in [-0.4, -0.2) is 43.8 Å². The first-order chi connectivity index (χ1) is 18.4. The second-order valence-electron chi connectivity index (χ2n) is 9.07. The molecule has 0 bridgehead atoms. The Bertz CT molecular complexity index is 1430. The molecule has 0 saturated carbocycles. The van der Waals surface area contributed by atoms with Crippen molar-refractivity contribution in [1.82, 2.24) is 10.2 Å². The largest absolute Gasteiger partial charge is 0.352 e. The number of carbonyl (C=O) groups is 2. The number of sulfonamides is 1. The van der Waals surface area contributed by atoms with Crippen LogP contribution in [0.1, 0.15) is 32.8 Å². The van der Waals surface area contributed by atoms with E-state index in [9.17, 15) is 22.4 Å². The average molecular weight is 639 g/mol. The molecule has 0 aromatic heterocycles. The fourth-order valence-corrected chi connectivity index (χ4v) is 5.82. The number of nitrogens with one attached hydrogen (secondary N) is 1. The second kappa shape index (κ2) is 13.4. The van der Waals surface area contributed by atoms with Crippen LogP contribution in [0.5, 0.6) is 0 Å². The Morgan fingerprint density at radius 1 is 1.03 bits per heavy atom. The van der Waals surface area contributed by atoms with Crippen LogP contribution >= 0.6 is 27.5 Å². The highest BCUT2D eigenvalue weighted by Crippen LogP contribution is 2.28. The summed E-state index contributed by atoms with van der Waals surface area (Å²) in [5.41, 5.74) is 0.751. The number of hydrogen-bond donors (Lipinski definition) is 1. The molecule has 3 aromatic rings. The summed E-state index contributed by atoms with van der Waals surface area (Å²) in [5.74, 6) is -1.72. The van der Waals surface area contributed by atoms with Crippen molar-refractivity contribution >= 4 is 55.1 Å². The van der Waals surface area contributed by atoms with Gasteiger partial charge in [-0.15, -0.1) is 0 Å². The number of rotatable bonds is 11. The summed E-state index contributed by atoms with van der Waals surface area (Å²) < 4.78 is 43.0. The minimum atomic E-state index is -4.26. The highest BCUT2D eigenvalue weighted by Gasteiger charge is 2.33. The van der Waals surface area contributed by atoms with E-state index in [0.717, 1.165) is 26.5 Å². The molecular formula is C28H30BrClFN3O4S. The van der Waals surface area contributed by atoms with Gasteiger partial charge in [0.25, 0.3) is 10.0 Å². The van der Waals surface area contributed by atoms with Gasteiger partial charge in [0.15, 0.2) is 0 Å². The molecule has 2 atom stereocenters. The lowest BCUT2D eigenvalue weighted by atomic mass is 10.1. The molecule has 39 heavy (non-hydrogen) atoms. The van der Waals surface area contributed by atoms with Crippen molar-refractivity contribution in [2.24, 2.45) is 0 Å². The van der Waals surface area contributed by atoms with Crippen LogP contribution in [0.2, 0.25) is 5.02 Å². The quantitative estimate of drug-likeness (QED) is 0.289. The van der Waals surface area contributed by atoms with Gasteiger partial charge in [-0.2, -0.15) is 0 Å². The molecule has 0 aliphatic rings. The van der Waals surface area contributed by atoms with Gasteiger partial charge in [0.05, 0.1) is 15.6 Å². The summed E-state index contributed by atoms with van der Waals surface area (Å²) in [4.78, 5) is 28.2. The van der Waals surface area contributed by atoms with E-state index in [0.29, 0.717) is 6.42 Å². The zero-order valence-electron chi connectivity index (χ0n) is 21.8. The maximum Gasteiger partial charge on any atom is 0.264 e. The molecule has 3 aromatic carbocycles. The van der Waals surface area contributed by atoms with Gasteiger partial charge in [0.2, 0.25) is 11.8 Å². The lowest BCUT2D eigenvalue weighted by Crippen LogP contribution is -2.52. The fourth-order valence-electron chi connectivity index (χ4n) is 3.77. The normalized spacial score (nSPS) is 12.9. The molecule has 0 aliphatic carbocycles. The molecule has 0 unspecified atom stereocenters. The SMILES string of the molecule is CC[C@@H](C)NC(=O)[C@@H](C)N(Cc1cccc(Br)c1)C(=O)CN(c1ccc(F)c(Cl)c1)S(=O)(=O)c1ccccc1. The molecular weight excluding hydrogens is 609 g/mol. The highest BCUT2D eigenvalue weighted by atomic mass is 79.9. The Morgan fingerprint density at radius 3 is 2.33 bits per heavy atom. The summed E-state index contributed by atoms with van der Waals surface area (Å²) >= 11 is 9.40. The van der Waals surface area contributed by atoms with E-state index >= 15 is 0 Å². The van der Waals surface area contributed by atoms with Crippen molar-refractivity contribution in [2.75, 3.05) is 10.8 Å². The molecule has 0 heterocycles. The smallest absolute Gasteiger partial charge is 0.264 e. The number of hydrogen-bond acceptors (Lipinski definition) is 4. The average Bonchev–Trinajstić information content (AvgIpc) is 2.91. The van der Waals surface area contributed by atoms with Crippen molar-refractivity contribution in [1.29, 1.82) is 0 Å². The van der Waals surface area contributed by atoms with Gasteiger partial charge in [-0.1, -0.05) is 64.8 Å². The number of anilines is 1. The van der Waals surface area contributed by atoms with Crippen LogP contribution in [0.15, 0.2) is 82.2 Å². The van der Waals surface area contributed by atoms with E-state index < -0.39 is 34.3 Å². The molecule has 3 rings (SSSR count). The molecule has 1 N–H and O–H groups in total. The Labute approximate surface area is 242 Å². The number of benzene rings is 3. The molecule has 7 nitrogen and oxygen atoms in total. The lowest BCUT2D eigenvalue weighted by Gasteiger charge is -2.32. The van der Waals surface area contributed by atoms with Gasteiger partial charge in [-0.3, -0.25) is 13.9 Å². The van der Waals surface area contributed by atoms with E-state index in [1.165, 1.54) is 23.1 Å². The molecule has 2 amide bonds. The van der Waals surface area contributed by atoms with E-state index in [4.69, 9.17) is 11.6 Å². The maximum atomic E-state index is 14.0. The van der Waals surface area contributed by atoms with Gasteiger partial charge in [-0.25, -0.2) is 12.8 Å². The lowest BCUT2D eigenvalue weighted by molar-refractivity contribution is -0.139. The van der Waals surface area contributed by atoms with Crippen LogP contribution in [0.25, 0.3) is 0 Å². The van der Waals surface area contributed by atoms with Gasteiger partial charge < -0.3 is 10.2 Å². The third-order valence-corrected chi connectivity index (χ3v) is 8.78. The molecule has 208 valence electrons. The third kappa shape index (κ3) is 7.80. The van der Waals surface area contributed by atoms with E-state index in [-0.39, 0.29) is 34.1 Å². The van der Waals surface area contributed by atoms with Crippen molar-refractivity contribution in [3.63, 3.8) is 0 Å². The predicted octanol–water partition coefficient (Wildman–Crippen LogP) is 5.77. The first-order valence-corrected chi connectivity index (χ1v) is 14.9. The van der Waals surface area contributed by atoms with Crippen molar-refractivity contribution in [3.8, 4) is 0 Å². The Balaban J connectivity index is 2.04. The van der Waals surface area contributed by atoms with Crippen LogP contribution in [0, 0.1) is 5.82 Å². The molecule has 0 spiro atoms. The van der Waals surface area contributed by atoms with Gasteiger partial charge in [0.1, 0.15) is 18.4 Å². The summed E-state index contributed by atoms with van der Waals surface area (Å²) in [6.45, 7) is 4.79. The number of carbonyl (C=O) groups excluding carboxylic acids is 2. The van der Waals surface area contributed by atoms with Crippen LogP contribution < -0.4 is 9.62 Å². The Kier molecular flexibility index (Phi) is 10.5. The maximum absolute atomic E-state index is 14.0. The predicted molar refractivity (Wildman–Crippen MR) is 154 cm³/mol. The number of halogens is 3. The monoisotopic (exact) mass is 637 g/mol. The van der Waals surface area contributed by atoms with Gasteiger partial charge in [-0.05, 0) is 68.3 Å². The molecule has 0 saturated heterocycles.